The molecule has 0 aliphatic heterocycles. The Labute approximate surface area is 163 Å². The van der Waals surface area contributed by atoms with E-state index in [0.717, 1.165) is 0 Å². The van der Waals surface area contributed by atoms with Gasteiger partial charge in [0.1, 0.15) is 0 Å². The van der Waals surface area contributed by atoms with Crippen molar-refractivity contribution in [1.82, 2.24) is 0 Å². The molecular weight excluding hydrogens is 183 g/mol. The molecule has 32 valence electrons. The minimum Gasteiger partial charge on any atom is -0.907 e. The van der Waals surface area contributed by atoms with Crippen LogP contribution in [0.25, 0.3) is 0 Å². The molecule has 0 amide bonds. The molecule has 0 aromatic heterocycles. The van der Waals surface area contributed by atoms with Crippen LogP contribution in [0.15, 0.2) is 0 Å². The Bertz CT molecular complexity index is 20.5. The maximum Gasteiger partial charge on any atom is 1.00 e. The van der Waals surface area contributed by atoms with Gasteiger partial charge in [0, 0.05) is 0 Å². The van der Waals surface area contributed by atoms with Crippen molar-refractivity contribution in [3.8, 4) is 0 Å². The van der Waals surface area contributed by atoms with Gasteiger partial charge in [-0.05, 0) is 0 Å². The predicted molar refractivity (Wildman–Crippen MR) is 7.69 cm³/mol. The number of rotatable bonds is 0. The van der Waals surface area contributed by atoms with Gasteiger partial charge >= 0.3 is 140 Å². The molecular formula is HBKNa3O4. The van der Waals surface area contributed by atoms with Crippen molar-refractivity contribution in [1.29, 1.82) is 0 Å². The van der Waals surface area contributed by atoms with Crippen LogP contribution in [0.3, 0.4) is 0 Å². The Hall–Kier alpha value is 4.54. The molecule has 0 unspecified atom stereocenters. The van der Waals surface area contributed by atoms with Crippen LogP contribution >= 0.6 is 0 Å². The normalized spacial score (nSPS) is 3.00. The second-order valence-corrected chi connectivity index (χ2v) is 0.289. The van der Waals surface area contributed by atoms with E-state index in [4.69, 9.17) is 15.1 Å². The molecule has 0 bridgehead atoms. The Morgan fingerprint density at radius 1 is 0.778 bits per heavy atom. The van der Waals surface area contributed by atoms with Crippen LogP contribution in [0, 0.1) is 0 Å². The second kappa shape index (κ2) is 29.4. The molecule has 0 atom stereocenters. The Kier molecular flexibility index (Phi) is 122. The van der Waals surface area contributed by atoms with E-state index in [1.165, 1.54) is 0 Å². The summed E-state index contributed by atoms with van der Waals surface area (Å²) in [5.41, 5.74) is 0. The Morgan fingerprint density at radius 2 is 0.778 bits per heavy atom. The minimum atomic E-state index is -2.92. The zero-order chi connectivity index (χ0) is 3.58. The predicted octanol–water partition coefficient (Wildman–Crippen LogP) is -16.1. The maximum atomic E-state index is 8.42. The minimum absolute atomic E-state index is 0. The Balaban J connectivity index is -0.00000000450. The van der Waals surface area contributed by atoms with E-state index >= 15 is 0 Å². The number of hydrogen-bond acceptors (Lipinski definition) is 4. The van der Waals surface area contributed by atoms with Gasteiger partial charge in [-0.25, -0.2) is 0 Å². The zero-order valence-electron chi connectivity index (χ0n) is 6.25. The van der Waals surface area contributed by atoms with Gasteiger partial charge in [-0.1, -0.05) is 0 Å². The van der Waals surface area contributed by atoms with Gasteiger partial charge in [0.25, 0.3) is 0 Å². The van der Waals surface area contributed by atoms with E-state index in [-0.39, 0.29) is 146 Å². The van der Waals surface area contributed by atoms with Crippen LogP contribution < -0.4 is 155 Å². The van der Waals surface area contributed by atoms with Crippen molar-refractivity contribution in [2.45, 2.75) is 0 Å². The molecule has 0 saturated heterocycles. The summed E-state index contributed by atoms with van der Waals surface area (Å²) < 4.78 is 0. The monoisotopic (exact) mass is 184 g/mol. The van der Waals surface area contributed by atoms with Gasteiger partial charge < -0.3 is 20.5 Å². The topological polar surface area (TPSA) is 99.2 Å². The fraction of sp³-hybridized carbons (Fsp3) is 0. The van der Waals surface area contributed by atoms with Crippen LogP contribution in [-0.4, -0.2) is 12.8 Å². The summed E-state index contributed by atoms with van der Waals surface area (Å²) in [4.78, 5) is 0. The first-order chi connectivity index (χ1) is 1.73. The van der Waals surface area contributed by atoms with Crippen molar-refractivity contribution < 1.29 is 161 Å². The summed E-state index contributed by atoms with van der Waals surface area (Å²) in [6.45, 7) is 0. The summed E-state index contributed by atoms with van der Waals surface area (Å²) in [5, 5.41) is 25.2. The van der Waals surface area contributed by atoms with Crippen LogP contribution in [0.2, 0.25) is 0 Å². The van der Waals surface area contributed by atoms with E-state index in [9.17, 15) is 0 Å². The molecule has 0 aromatic carbocycles. The molecule has 0 aliphatic rings. The molecule has 4 nitrogen and oxygen atoms in total. The molecule has 0 rings (SSSR count). The molecule has 0 heterocycles. The summed E-state index contributed by atoms with van der Waals surface area (Å²) in [6, 6.07) is 0. The molecule has 0 aliphatic carbocycles. The van der Waals surface area contributed by atoms with E-state index in [1.54, 1.807) is 0 Å². The number of hydrogen-bond donors (Lipinski definition) is 0. The van der Waals surface area contributed by atoms with Crippen LogP contribution in [0.5, 0.6) is 0 Å². The second-order valence-electron chi connectivity index (χ2n) is 0.289. The summed E-state index contributed by atoms with van der Waals surface area (Å²) in [5.74, 6) is 0. The molecule has 0 fully saturated rings. The molecule has 1 N–H and O–H groups in total. The van der Waals surface area contributed by atoms with E-state index < -0.39 is 7.32 Å². The fourth-order valence-electron chi connectivity index (χ4n) is 0. The van der Waals surface area contributed by atoms with Crippen LogP contribution in [0.1, 0.15) is 0 Å². The van der Waals surface area contributed by atoms with Gasteiger partial charge in [-0.3, -0.25) is 7.32 Å². The smallest absolute Gasteiger partial charge is 0.907 e. The van der Waals surface area contributed by atoms with Crippen molar-refractivity contribution >= 4 is 7.32 Å². The summed E-state index contributed by atoms with van der Waals surface area (Å²) in [7, 11) is -2.92. The molecule has 0 spiro atoms. The summed E-state index contributed by atoms with van der Waals surface area (Å²) in [6.07, 6.45) is 0. The van der Waals surface area contributed by atoms with Crippen molar-refractivity contribution in [3.63, 3.8) is 0 Å². The van der Waals surface area contributed by atoms with Gasteiger partial charge in [0.05, 0.1) is 0 Å². The average Bonchev–Trinajstić information content (AvgIpc) is 0.811. The van der Waals surface area contributed by atoms with Gasteiger partial charge in [-0.2, -0.15) is 0 Å². The fourth-order valence-corrected chi connectivity index (χ4v) is 0. The quantitative estimate of drug-likeness (QED) is 0.349. The third-order valence-electron chi connectivity index (χ3n) is 0. The van der Waals surface area contributed by atoms with Gasteiger partial charge in [0.2, 0.25) is 0 Å². The van der Waals surface area contributed by atoms with E-state index in [1.807, 2.05) is 0 Å². The molecule has 9 heavy (non-hydrogen) atoms. The molecule has 9 heteroatoms. The average molecular weight is 184 g/mol. The molecule has 0 aromatic rings. The zero-order valence-corrected chi connectivity index (χ0v) is 15.4. The van der Waals surface area contributed by atoms with Gasteiger partial charge in [-0.15, -0.1) is 0 Å². The first kappa shape index (κ1) is 37.5. The van der Waals surface area contributed by atoms with Crippen molar-refractivity contribution in [2.24, 2.45) is 0 Å². The first-order valence-corrected chi connectivity index (χ1v) is 0.707. The first-order valence-electron chi connectivity index (χ1n) is 0.707. The standard InChI is InChI=1S/BO3.K.3Na.H2O/c2-1(3)4;;;;;/h;;;;;1H2/q-3;4*+1;/p-1. The van der Waals surface area contributed by atoms with E-state index in [2.05, 4.69) is 0 Å². The third-order valence-corrected chi connectivity index (χ3v) is 0. The van der Waals surface area contributed by atoms with E-state index in [0.29, 0.717) is 0 Å². The largest absolute Gasteiger partial charge is 1.00 e. The molecule has 0 radical (unpaired) electrons. The molecule has 0 saturated carbocycles. The SMILES string of the molecule is [K+].[Na+].[Na+].[Na+].[O-]B([O-])[O-].[OH-]. The summed E-state index contributed by atoms with van der Waals surface area (Å²) >= 11 is 0. The van der Waals surface area contributed by atoms with Crippen molar-refractivity contribution in [2.75, 3.05) is 0 Å². The van der Waals surface area contributed by atoms with Crippen LogP contribution in [-0.2, 0) is 0 Å². The third kappa shape index (κ3) is 67.6. The van der Waals surface area contributed by atoms with Crippen LogP contribution in [0.4, 0.5) is 0 Å². The Morgan fingerprint density at radius 3 is 0.778 bits per heavy atom. The maximum absolute atomic E-state index is 8.42. The van der Waals surface area contributed by atoms with Crippen molar-refractivity contribution in [3.05, 3.63) is 0 Å². The van der Waals surface area contributed by atoms with Gasteiger partial charge in [0.15, 0.2) is 0 Å².